The van der Waals surface area contributed by atoms with E-state index < -0.39 is 5.60 Å². The van der Waals surface area contributed by atoms with Gasteiger partial charge < -0.3 is 20.3 Å². The number of para-hydroxylation sites is 1. The SMILES string of the molecule is Cc1cccc(N2CCN(C(=O)OC(C)(C)C)CC2C)c1N. The number of hydrogen-bond donors (Lipinski definition) is 1. The Bertz CT molecular complexity index is 551. The lowest BCUT2D eigenvalue weighted by molar-refractivity contribution is 0.0219. The Morgan fingerprint density at radius 3 is 2.59 bits per heavy atom. The maximum absolute atomic E-state index is 12.2. The number of carbonyl (C=O) groups is 1. The lowest BCUT2D eigenvalue weighted by Crippen LogP contribution is -2.54. The van der Waals surface area contributed by atoms with Crippen LogP contribution in [-0.4, -0.2) is 42.3 Å². The van der Waals surface area contributed by atoms with Crippen molar-refractivity contribution in [3.63, 3.8) is 0 Å². The molecular weight excluding hydrogens is 278 g/mol. The zero-order valence-electron chi connectivity index (χ0n) is 14.2. The molecule has 1 aliphatic heterocycles. The summed E-state index contributed by atoms with van der Waals surface area (Å²) in [6.07, 6.45) is -0.240. The first-order valence-corrected chi connectivity index (χ1v) is 7.78. The predicted octanol–water partition coefficient (Wildman–Crippen LogP) is 3.02. The van der Waals surface area contributed by atoms with Crippen LogP contribution in [0.5, 0.6) is 0 Å². The lowest BCUT2D eigenvalue weighted by atomic mass is 10.1. The summed E-state index contributed by atoms with van der Waals surface area (Å²) >= 11 is 0. The Morgan fingerprint density at radius 1 is 1.32 bits per heavy atom. The number of amides is 1. The molecule has 1 atom stereocenters. The molecule has 0 aromatic heterocycles. The number of piperazine rings is 1. The smallest absolute Gasteiger partial charge is 0.410 e. The summed E-state index contributed by atoms with van der Waals surface area (Å²) in [5.41, 5.74) is 8.70. The van der Waals surface area contributed by atoms with Crippen LogP contribution in [0.4, 0.5) is 16.2 Å². The van der Waals surface area contributed by atoms with E-state index in [1.807, 2.05) is 45.9 Å². The first-order valence-electron chi connectivity index (χ1n) is 7.78. The zero-order valence-corrected chi connectivity index (χ0v) is 14.2. The number of aryl methyl sites for hydroxylation is 1. The molecule has 122 valence electrons. The van der Waals surface area contributed by atoms with Crippen LogP contribution in [0.25, 0.3) is 0 Å². The standard InChI is InChI=1S/C17H27N3O2/c1-12-7-6-8-14(15(12)18)20-10-9-19(11-13(20)2)16(21)22-17(3,4)5/h6-8,13H,9-11,18H2,1-5H3. The molecule has 1 heterocycles. The first kappa shape index (κ1) is 16.5. The molecule has 1 amide bonds. The fraction of sp³-hybridized carbons (Fsp3) is 0.588. The monoisotopic (exact) mass is 305 g/mol. The van der Waals surface area contributed by atoms with Gasteiger partial charge in [-0.3, -0.25) is 0 Å². The summed E-state index contributed by atoms with van der Waals surface area (Å²) in [5, 5.41) is 0. The second kappa shape index (κ2) is 6.07. The molecule has 0 aliphatic carbocycles. The summed E-state index contributed by atoms with van der Waals surface area (Å²) in [6, 6.07) is 6.28. The molecule has 0 radical (unpaired) electrons. The normalized spacial score (nSPS) is 19.2. The summed E-state index contributed by atoms with van der Waals surface area (Å²) in [4.78, 5) is 16.2. The van der Waals surface area contributed by atoms with E-state index >= 15 is 0 Å². The molecule has 2 N–H and O–H groups in total. The molecule has 0 bridgehead atoms. The van der Waals surface area contributed by atoms with Crippen LogP contribution < -0.4 is 10.6 Å². The molecule has 22 heavy (non-hydrogen) atoms. The van der Waals surface area contributed by atoms with Gasteiger partial charge in [0.2, 0.25) is 0 Å². The maximum atomic E-state index is 12.2. The molecular formula is C17H27N3O2. The van der Waals surface area contributed by atoms with Crippen molar-refractivity contribution in [2.45, 2.75) is 46.3 Å². The molecule has 1 saturated heterocycles. The molecule has 1 aromatic rings. The second-order valence-corrected chi connectivity index (χ2v) is 6.98. The molecule has 2 rings (SSSR count). The van der Waals surface area contributed by atoms with Gasteiger partial charge in [-0.1, -0.05) is 12.1 Å². The Kier molecular flexibility index (Phi) is 4.54. The summed E-state index contributed by atoms with van der Waals surface area (Å²) < 4.78 is 5.45. The third-order valence-corrected chi connectivity index (χ3v) is 3.89. The van der Waals surface area contributed by atoms with Crippen molar-refractivity contribution in [3.05, 3.63) is 23.8 Å². The molecule has 5 heteroatoms. The molecule has 1 unspecified atom stereocenters. The van der Waals surface area contributed by atoms with E-state index in [0.717, 1.165) is 23.5 Å². The number of ether oxygens (including phenoxy) is 1. The third-order valence-electron chi connectivity index (χ3n) is 3.89. The zero-order chi connectivity index (χ0) is 16.5. The minimum absolute atomic E-state index is 0.199. The minimum atomic E-state index is -0.460. The molecule has 5 nitrogen and oxygen atoms in total. The van der Waals surface area contributed by atoms with E-state index in [1.165, 1.54) is 0 Å². The number of benzene rings is 1. The van der Waals surface area contributed by atoms with Gasteiger partial charge in [0, 0.05) is 25.7 Å². The van der Waals surface area contributed by atoms with Gasteiger partial charge in [-0.15, -0.1) is 0 Å². The highest BCUT2D eigenvalue weighted by molar-refractivity contribution is 5.73. The molecule has 0 saturated carbocycles. The summed E-state index contributed by atoms with van der Waals surface area (Å²) in [6.45, 7) is 11.8. The number of anilines is 2. The fourth-order valence-corrected chi connectivity index (χ4v) is 2.72. The lowest BCUT2D eigenvalue weighted by Gasteiger charge is -2.42. The van der Waals surface area contributed by atoms with Crippen molar-refractivity contribution in [2.75, 3.05) is 30.3 Å². The van der Waals surface area contributed by atoms with Crippen molar-refractivity contribution in [2.24, 2.45) is 0 Å². The number of carbonyl (C=O) groups excluding carboxylic acids is 1. The van der Waals surface area contributed by atoms with Crippen LogP contribution >= 0.6 is 0 Å². The topological polar surface area (TPSA) is 58.8 Å². The van der Waals surface area contributed by atoms with E-state index in [1.54, 1.807) is 4.90 Å². The number of nitrogens with two attached hydrogens (primary N) is 1. The van der Waals surface area contributed by atoms with E-state index in [9.17, 15) is 4.79 Å². The van der Waals surface area contributed by atoms with Gasteiger partial charge in [0.1, 0.15) is 5.60 Å². The van der Waals surface area contributed by atoms with Gasteiger partial charge in [0.25, 0.3) is 0 Å². The number of nitrogens with zero attached hydrogens (tertiary/aromatic N) is 2. The Hall–Kier alpha value is -1.91. The average Bonchev–Trinajstić information content (AvgIpc) is 2.40. The van der Waals surface area contributed by atoms with Crippen molar-refractivity contribution >= 4 is 17.5 Å². The largest absolute Gasteiger partial charge is 0.444 e. The Balaban J connectivity index is 2.07. The highest BCUT2D eigenvalue weighted by Gasteiger charge is 2.30. The van der Waals surface area contributed by atoms with Crippen LogP contribution in [0.2, 0.25) is 0 Å². The molecule has 1 aliphatic rings. The molecule has 1 aromatic carbocycles. The Morgan fingerprint density at radius 2 is 2.00 bits per heavy atom. The van der Waals surface area contributed by atoms with Crippen molar-refractivity contribution in [1.29, 1.82) is 0 Å². The third kappa shape index (κ3) is 3.64. The second-order valence-electron chi connectivity index (χ2n) is 6.98. The molecule has 0 spiro atoms. The summed E-state index contributed by atoms with van der Waals surface area (Å²) in [7, 11) is 0. The van der Waals surface area contributed by atoms with E-state index in [2.05, 4.69) is 11.8 Å². The van der Waals surface area contributed by atoms with Gasteiger partial charge in [-0.2, -0.15) is 0 Å². The van der Waals surface area contributed by atoms with Gasteiger partial charge in [-0.25, -0.2) is 4.79 Å². The van der Waals surface area contributed by atoms with Crippen LogP contribution in [-0.2, 0) is 4.74 Å². The quantitative estimate of drug-likeness (QED) is 0.810. The first-order chi connectivity index (χ1) is 10.2. The van der Waals surface area contributed by atoms with Gasteiger partial charge in [0.15, 0.2) is 0 Å². The van der Waals surface area contributed by atoms with E-state index in [0.29, 0.717) is 13.1 Å². The van der Waals surface area contributed by atoms with Crippen molar-refractivity contribution in [1.82, 2.24) is 4.90 Å². The average molecular weight is 305 g/mol. The minimum Gasteiger partial charge on any atom is -0.444 e. The van der Waals surface area contributed by atoms with Crippen LogP contribution in [0, 0.1) is 6.92 Å². The highest BCUT2D eigenvalue weighted by Crippen LogP contribution is 2.29. The van der Waals surface area contributed by atoms with Crippen LogP contribution in [0.15, 0.2) is 18.2 Å². The van der Waals surface area contributed by atoms with Crippen molar-refractivity contribution < 1.29 is 9.53 Å². The molecule has 1 fully saturated rings. The number of nitrogen functional groups attached to an aromatic ring is 1. The van der Waals surface area contributed by atoms with Gasteiger partial charge in [0.05, 0.1) is 11.4 Å². The van der Waals surface area contributed by atoms with Crippen molar-refractivity contribution in [3.8, 4) is 0 Å². The summed E-state index contributed by atoms with van der Waals surface area (Å²) in [5.74, 6) is 0. The van der Waals surface area contributed by atoms with Gasteiger partial charge in [-0.05, 0) is 46.2 Å². The van der Waals surface area contributed by atoms with E-state index in [4.69, 9.17) is 10.5 Å². The number of rotatable bonds is 1. The maximum Gasteiger partial charge on any atom is 0.410 e. The van der Waals surface area contributed by atoms with E-state index in [-0.39, 0.29) is 12.1 Å². The Labute approximate surface area is 133 Å². The van der Waals surface area contributed by atoms with Crippen LogP contribution in [0.3, 0.4) is 0 Å². The van der Waals surface area contributed by atoms with Crippen LogP contribution in [0.1, 0.15) is 33.3 Å². The highest BCUT2D eigenvalue weighted by atomic mass is 16.6. The number of hydrogen-bond acceptors (Lipinski definition) is 4. The predicted molar refractivity (Wildman–Crippen MR) is 90.2 cm³/mol. The van der Waals surface area contributed by atoms with Gasteiger partial charge >= 0.3 is 6.09 Å². The fourth-order valence-electron chi connectivity index (χ4n) is 2.72.